The van der Waals surface area contributed by atoms with Gasteiger partial charge >= 0.3 is 0 Å². The van der Waals surface area contributed by atoms with Crippen molar-refractivity contribution < 1.29 is 4.79 Å². The first-order valence-corrected chi connectivity index (χ1v) is 7.28. The van der Waals surface area contributed by atoms with Gasteiger partial charge in [0.1, 0.15) is 0 Å². The van der Waals surface area contributed by atoms with Crippen molar-refractivity contribution in [2.75, 3.05) is 19.6 Å². The second-order valence-electron chi connectivity index (χ2n) is 6.15. The molecule has 1 saturated carbocycles. The maximum Gasteiger partial charge on any atom is 0.225 e. The minimum atomic E-state index is 0.345. The van der Waals surface area contributed by atoms with E-state index in [0.29, 0.717) is 23.8 Å². The van der Waals surface area contributed by atoms with Crippen molar-refractivity contribution >= 4 is 5.91 Å². The summed E-state index contributed by atoms with van der Waals surface area (Å²) >= 11 is 0. The van der Waals surface area contributed by atoms with E-state index >= 15 is 0 Å². The van der Waals surface area contributed by atoms with Crippen molar-refractivity contribution in [1.29, 1.82) is 0 Å². The highest BCUT2D eigenvalue weighted by atomic mass is 16.2. The minimum Gasteiger partial charge on any atom is -0.339 e. The summed E-state index contributed by atoms with van der Waals surface area (Å²) in [6, 6.07) is 0.462. The molecule has 1 N–H and O–H groups in total. The molecule has 0 aromatic rings. The number of nitrogens with zero attached hydrogens (tertiary/aromatic N) is 1. The molecule has 2 aliphatic heterocycles. The lowest BCUT2D eigenvalue weighted by Gasteiger charge is -2.30. The zero-order valence-corrected chi connectivity index (χ0v) is 10.8. The van der Waals surface area contributed by atoms with E-state index in [1.807, 2.05) is 0 Å². The topological polar surface area (TPSA) is 32.3 Å². The smallest absolute Gasteiger partial charge is 0.225 e. The fourth-order valence-corrected chi connectivity index (χ4v) is 4.04. The fourth-order valence-electron chi connectivity index (χ4n) is 4.04. The van der Waals surface area contributed by atoms with Crippen molar-refractivity contribution in [3.63, 3.8) is 0 Å². The standard InChI is InChI=1S/C14H24N2O/c1-10-13-8-15-7-12(13)9-16(10)14(17)11-5-3-2-4-6-11/h10-13,15H,2-9H2,1H3. The second-order valence-corrected chi connectivity index (χ2v) is 6.15. The molecule has 3 aliphatic rings. The number of fused-ring (bicyclic) bond motifs is 1. The largest absolute Gasteiger partial charge is 0.339 e. The van der Waals surface area contributed by atoms with Crippen LogP contribution in [-0.4, -0.2) is 36.5 Å². The van der Waals surface area contributed by atoms with E-state index in [0.717, 1.165) is 38.4 Å². The van der Waals surface area contributed by atoms with Gasteiger partial charge in [0.2, 0.25) is 5.91 Å². The van der Waals surface area contributed by atoms with Gasteiger partial charge in [-0.2, -0.15) is 0 Å². The summed E-state index contributed by atoms with van der Waals surface area (Å²) in [5.74, 6) is 2.24. The SMILES string of the molecule is CC1C2CNCC2CN1C(=O)C1CCCCC1. The lowest BCUT2D eigenvalue weighted by atomic mass is 9.88. The number of hydrogen-bond acceptors (Lipinski definition) is 2. The van der Waals surface area contributed by atoms with E-state index < -0.39 is 0 Å². The molecule has 0 bridgehead atoms. The summed E-state index contributed by atoms with van der Waals surface area (Å²) in [5, 5.41) is 3.46. The predicted octanol–water partition coefficient (Wildman–Crippen LogP) is 1.63. The van der Waals surface area contributed by atoms with Crippen LogP contribution in [0.5, 0.6) is 0 Å². The van der Waals surface area contributed by atoms with E-state index in [1.54, 1.807) is 0 Å². The molecule has 0 radical (unpaired) electrons. The van der Waals surface area contributed by atoms with E-state index in [2.05, 4.69) is 17.1 Å². The quantitative estimate of drug-likeness (QED) is 0.750. The molecule has 3 atom stereocenters. The number of carbonyl (C=O) groups excluding carboxylic acids is 1. The third-order valence-electron chi connectivity index (χ3n) is 5.17. The third kappa shape index (κ3) is 1.99. The number of carbonyl (C=O) groups is 1. The molecule has 96 valence electrons. The van der Waals surface area contributed by atoms with Gasteiger partial charge in [0.25, 0.3) is 0 Å². The average Bonchev–Trinajstić information content (AvgIpc) is 2.93. The zero-order chi connectivity index (χ0) is 11.8. The molecule has 3 nitrogen and oxygen atoms in total. The Balaban J connectivity index is 1.66. The molecule has 0 aromatic carbocycles. The Hall–Kier alpha value is -0.570. The van der Waals surface area contributed by atoms with Crippen LogP contribution in [0, 0.1) is 17.8 Å². The van der Waals surface area contributed by atoms with Crippen LogP contribution in [0.4, 0.5) is 0 Å². The first-order chi connectivity index (χ1) is 8.27. The summed E-state index contributed by atoms with van der Waals surface area (Å²) in [6.45, 7) is 5.48. The van der Waals surface area contributed by atoms with Gasteiger partial charge in [0.15, 0.2) is 0 Å². The summed E-state index contributed by atoms with van der Waals surface area (Å²) in [5.41, 5.74) is 0. The molecule has 17 heavy (non-hydrogen) atoms. The van der Waals surface area contributed by atoms with Crippen LogP contribution in [0.25, 0.3) is 0 Å². The Kier molecular flexibility index (Phi) is 3.12. The predicted molar refractivity (Wildman–Crippen MR) is 67.6 cm³/mol. The summed E-state index contributed by atoms with van der Waals surface area (Å²) < 4.78 is 0. The highest BCUT2D eigenvalue weighted by Crippen LogP contribution is 2.35. The Labute approximate surface area is 104 Å². The van der Waals surface area contributed by atoms with Crippen molar-refractivity contribution in [2.45, 2.75) is 45.1 Å². The Morgan fingerprint density at radius 2 is 1.94 bits per heavy atom. The molecule has 1 aliphatic carbocycles. The summed E-state index contributed by atoms with van der Waals surface area (Å²) in [4.78, 5) is 14.7. The minimum absolute atomic E-state index is 0.345. The third-order valence-corrected chi connectivity index (χ3v) is 5.17. The van der Waals surface area contributed by atoms with E-state index in [9.17, 15) is 4.79 Å². The molecular weight excluding hydrogens is 212 g/mol. The Morgan fingerprint density at radius 3 is 2.65 bits per heavy atom. The molecule has 3 fully saturated rings. The lowest BCUT2D eigenvalue weighted by Crippen LogP contribution is -2.42. The maximum absolute atomic E-state index is 12.5. The fraction of sp³-hybridized carbons (Fsp3) is 0.929. The maximum atomic E-state index is 12.5. The molecule has 0 aromatic heterocycles. The summed E-state index contributed by atoms with van der Waals surface area (Å²) in [7, 11) is 0. The monoisotopic (exact) mass is 236 g/mol. The van der Waals surface area contributed by atoms with Crippen LogP contribution >= 0.6 is 0 Å². The van der Waals surface area contributed by atoms with Gasteiger partial charge in [0.05, 0.1) is 0 Å². The molecule has 3 rings (SSSR count). The van der Waals surface area contributed by atoms with Gasteiger partial charge < -0.3 is 10.2 Å². The van der Waals surface area contributed by atoms with Crippen LogP contribution in [-0.2, 0) is 4.79 Å². The van der Waals surface area contributed by atoms with E-state index in [-0.39, 0.29) is 0 Å². The molecule has 3 unspecified atom stereocenters. The van der Waals surface area contributed by atoms with E-state index in [4.69, 9.17) is 0 Å². The zero-order valence-electron chi connectivity index (χ0n) is 10.8. The van der Waals surface area contributed by atoms with Crippen LogP contribution < -0.4 is 5.32 Å². The molecule has 3 heteroatoms. The van der Waals surface area contributed by atoms with Gasteiger partial charge in [-0.05, 0) is 31.6 Å². The van der Waals surface area contributed by atoms with Crippen molar-refractivity contribution in [3.05, 3.63) is 0 Å². The van der Waals surface area contributed by atoms with Crippen molar-refractivity contribution in [1.82, 2.24) is 10.2 Å². The Bertz CT molecular complexity index is 299. The first kappa shape index (κ1) is 11.5. The summed E-state index contributed by atoms with van der Waals surface area (Å²) in [6.07, 6.45) is 6.11. The first-order valence-electron chi connectivity index (χ1n) is 7.28. The highest BCUT2D eigenvalue weighted by Gasteiger charge is 2.44. The van der Waals surface area contributed by atoms with Gasteiger partial charge in [-0.25, -0.2) is 0 Å². The number of likely N-dealkylation sites (tertiary alicyclic amines) is 1. The molecule has 0 spiro atoms. The van der Waals surface area contributed by atoms with Crippen LogP contribution in [0.3, 0.4) is 0 Å². The molecule has 1 amide bonds. The van der Waals surface area contributed by atoms with Crippen molar-refractivity contribution in [2.24, 2.45) is 17.8 Å². The normalized spacial score (nSPS) is 38.4. The number of hydrogen-bond donors (Lipinski definition) is 1. The molecular formula is C14H24N2O. The van der Waals surface area contributed by atoms with Crippen LogP contribution in [0.15, 0.2) is 0 Å². The second kappa shape index (κ2) is 4.60. The van der Waals surface area contributed by atoms with Gasteiger partial charge in [-0.15, -0.1) is 0 Å². The number of nitrogens with one attached hydrogen (secondary N) is 1. The van der Waals surface area contributed by atoms with Crippen LogP contribution in [0.1, 0.15) is 39.0 Å². The van der Waals surface area contributed by atoms with Crippen LogP contribution in [0.2, 0.25) is 0 Å². The van der Waals surface area contributed by atoms with Gasteiger partial charge in [-0.3, -0.25) is 4.79 Å². The number of amides is 1. The van der Waals surface area contributed by atoms with Gasteiger partial charge in [0, 0.05) is 31.6 Å². The molecule has 2 saturated heterocycles. The number of rotatable bonds is 1. The highest BCUT2D eigenvalue weighted by molar-refractivity contribution is 5.79. The lowest BCUT2D eigenvalue weighted by molar-refractivity contribution is -0.137. The Morgan fingerprint density at radius 1 is 1.18 bits per heavy atom. The van der Waals surface area contributed by atoms with E-state index in [1.165, 1.54) is 19.3 Å². The average molecular weight is 236 g/mol. The van der Waals surface area contributed by atoms with Gasteiger partial charge in [-0.1, -0.05) is 19.3 Å². The van der Waals surface area contributed by atoms with Crippen molar-refractivity contribution in [3.8, 4) is 0 Å². The molecule has 2 heterocycles.